The maximum Gasteiger partial charge on any atom is 0.342 e. The zero-order valence-electron chi connectivity index (χ0n) is 13.0. The van der Waals surface area contributed by atoms with Gasteiger partial charge in [0.1, 0.15) is 10.7 Å². The minimum absolute atomic E-state index is 0.0259. The van der Waals surface area contributed by atoms with Gasteiger partial charge in [-0.1, -0.05) is 6.92 Å². The highest BCUT2D eigenvalue weighted by Crippen LogP contribution is 2.34. The van der Waals surface area contributed by atoms with Gasteiger partial charge in [-0.05, 0) is 64.5 Å². The number of aryl methyl sites for hydroxylation is 1. The topological polar surface area (TPSA) is 108 Å². The fraction of sp³-hybridized carbons (Fsp3) is 0.267. The van der Waals surface area contributed by atoms with Crippen molar-refractivity contribution < 1.29 is 19.7 Å². The summed E-state index contributed by atoms with van der Waals surface area (Å²) >= 11 is 2.92. The van der Waals surface area contributed by atoms with Crippen molar-refractivity contribution in [3.63, 3.8) is 0 Å². The van der Waals surface area contributed by atoms with Gasteiger partial charge in [0, 0.05) is 6.42 Å². The van der Waals surface area contributed by atoms with E-state index in [9.17, 15) is 15.0 Å². The number of halogens is 1. The number of aromatic hydroxyl groups is 1. The van der Waals surface area contributed by atoms with E-state index in [1.165, 1.54) is 13.2 Å². The number of benzene rings is 1. The number of nitrogens with zero attached hydrogens (tertiary/aromatic N) is 2. The van der Waals surface area contributed by atoms with Crippen molar-refractivity contribution in [3.8, 4) is 11.5 Å². The van der Waals surface area contributed by atoms with Gasteiger partial charge in [0.15, 0.2) is 11.5 Å². The van der Waals surface area contributed by atoms with Gasteiger partial charge in [-0.25, -0.2) is 9.78 Å². The van der Waals surface area contributed by atoms with Gasteiger partial charge in [0.2, 0.25) is 5.16 Å². The predicted octanol–water partition coefficient (Wildman–Crippen LogP) is 3.29. The van der Waals surface area contributed by atoms with Gasteiger partial charge >= 0.3 is 5.97 Å². The van der Waals surface area contributed by atoms with Crippen molar-refractivity contribution in [2.24, 2.45) is 0 Å². The molecule has 128 valence electrons. The Labute approximate surface area is 156 Å². The number of carbonyl (C=O) groups is 1. The van der Waals surface area contributed by atoms with E-state index < -0.39 is 5.97 Å². The number of aromatic nitrogens is 3. The van der Waals surface area contributed by atoms with Gasteiger partial charge < -0.3 is 14.9 Å². The van der Waals surface area contributed by atoms with E-state index in [0.717, 1.165) is 30.4 Å². The molecule has 0 aliphatic heterocycles. The summed E-state index contributed by atoms with van der Waals surface area (Å²) in [6.45, 7) is 2.03. The van der Waals surface area contributed by atoms with Gasteiger partial charge in [0.25, 0.3) is 0 Å². The van der Waals surface area contributed by atoms with Crippen LogP contribution in [-0.4, -0.2) is 38.5 Å². The van der Waals surface area contributed by atoms with E-state index in [0.29, 0.717) is 14.3 Å². The minimum atomic E-state index is -1.08. The first-order valence-electron chi connectivity index (χ1n) is 7.05. The summed E-state index contributed by atoms with van der Waals surface area (Å²) in [6.07, 6.45) is 3.17. The van der Waals surface area contributed by atoms with E-state index >= 15 is 0 Å². The normalized spacial score (nSPS) is 11.5. The molecular weight excluding hydrogens is 445 g/mol. The second kappa shape index (κ2) is 8.38. The molecular formula is C15H16IN3O4S. The third-order valence-corrected chi connectivity index (χ3v) is 4.68. The van der Waals surface area contributed by atoms with E-state index in [2.05, 4.69) is 15.2 Å². The van der Waals surface area contributed by atoms with Gasteiger partial charge in [0.05, 0.1) is 10.7 Å². The number of carboxylic acids is 1. The number of nitrogens with one attached hydrogen (secondary N) is 1. The lowest BCUT2D eigenvalue weighted by Gasteiger charge is -2.07. The smallest absolute Gasteiger partial charge is 0.342 e. The van der Waals surface area contributed by atoms with Crippen LogP contribution in [0.2, 0.25) is 0 Å². The molecule has 9 heteroatoms. The summed E-state index contributed by atoms with van der Waals surface area (Å²) in [7, 11) is 1.44. The molecule has 0 atom stereocenters. The molecule has 1 aromatic heterocycles. The number of hydrogen-bond acceptors (Lipinski definition) is 6. The number of ether oxygens (including phenoxy) is 1. The predicted molar refractivity (Wildman–Crippen MR) is 99.2 cm³/mol. The molecule has 24 heavy (non-hydrogen) atoms. The third-order valence-electron chi connectivity index (χ3n) is 2.98. The number of rotatable bonds is 7. The van der Waals surface area contributed by atoms with Crippen LogP contribution in [0.3, 0.4) is 0 Å². The second-order valence-corrected chi connectivity index (χ2v) is 6.96. The van der Waals surface area contributed by atoms with Crippen LogP contribution >= 0.6 is 34.4 Å². The highest BCUT2D eigenvalue weighted by Gasteiger charge is 2.15. The van der Waals surface area contributed by atoms with E-state index in [1.807, 2.05) is 29.5 Å². The lowest BCUT2D eigenvalue weighted by Crippen LogP contribution is -1.98. The maximum absolute atomic E-state index is 11.5. The first-order valence-corrected chi connectivity index (χ1v) is 8.94. The Morgan fingerprint density at radius 1 is 1.50 bits per heavy atom. The fourth-order valence-corrected chi connectivity index (χ4v) is 3.24. The molecule has 0 fully saturated rings. The van der Waals surface area contributed by atoms with Crippen LogP contribution in [0.15, 0.2) is 22.2 Å². The van der Waals surface area contributed by atoms with Crippen LogP contribution in [0.1, 0.15) is 24.7 Å². The van der Waals surface area contributed by atoms with Crippen LogP contribution in [0.4, 0.5) is 0 Å². The maximum atomic E-state index is 11.5. The molecule has 0 unspecified atom stereocenters. The number of carboxylic acid groups (broad SMARTS) is 1. The van der Waals surface area contributed by atoms with Crippen molar-refractivity contribution >= 4 is 46.4 Å². The number of methoxy groups -OCH3 is 1. The van der Waals surface area contributed by atoms with E-state index in [1.54, 1.807) is 12.1 Å². The third kappa shape index (κ3) is 4.63. The summed E-state index contributed by atoms with van der Waals surface area (Å²) < 4.78 is 5.65. The Bertz CT molecular complexity index is 776. The molecule has 0 saturated carbocycles. The molecule has 0 spiro atoms. The van der Waals surface area contributed by atoms with Crippen LogP contribution in [0.25, 0.3) is 6.08 Å². The lowest BCUT2D eigenvalue weighted by molar-refractivity contribution is -0.131. The summed E-state index contributed by atoms with van der Waals surface area (Å²) in [4.78, 5) is 15.8. The molecule has 2 aromatic rings. The second-order valence-electron chi connectivity index (χ2n) is 4.78. The molecule has 2 rings (SSSR count). The number of phenolic OH excluding ortho intramolecular Hbond substituents is 1. The molecule has 0 aliphatic carbocycles. The largest absolute Gasteiger partial charge is 0.504 e. The van der Waals surface area contributed by atoms with Gasteiger partial charge in [-0.15, -0.1) is 5.10 Å². The molecule has 7 nitrogen and oxygen atoms in total. The zero-order valence-corrected chi connectivity index (χ0v) is 16.0. The molecule has 1 aromatic carbocycles. The summed E-state index contributed by atoms with van der Waals surface area (Å²) in [5.74, 6) is -0.0431. The Morgan fingerprint density at radius 3 is 2.88 bits per heavy atom. The first-order chi connectivity index (χ1) is 11.4. The number of phenols is 1. The van der Waals surface area contributed by atoms with Crippen LogP contribution in [0, 0.1) is 3.57 Å². The van der Waals surface area contributed by atoms with Crippen molar-refractivity contribution in [2.75, 3.05) is 7.11 Å². The van der Waals surface area contributed by atoms with Crippen LogP contribution in [0.5, 0.6) is 11.5 Å². The number of H-pyrrole nitrogens is 1. The Balaban J connectivity index is 2.31. The summed E-state index contributed by atoms with van der Waals surface area (Å²) in [5, 5.41) is 26.4. The average molecular weight is 461 g/mol. The molecule has 3 N–H and O–H groups in total. The molecule has 1 heterocycles. The summed E-state index contributed by atoms with van der Waals surface area (Å²) in [5.41, 5.74) is 0.600. The standard InChI is InChI=1S/C15H16IN3O4S/c1-3-4-12-17-15(19-18-12)24-11(14(21)22)7-8-5-9(16)13(20)10(6-8)23-2/h5-7,20H,3-4H2,1-2H3,(H,21,22)(H,17,18,19)/b11-7-. The van der Waals surface area contributed by atoms with Crippen molar-refractivity contribution in [1.82, 2.24) is 15.2 Å². The number of thioether (sulfide) groups is 1. The van der Waals surface area contributed by atoms with Crippen LogP contribution in [-0.2, 0) is 11.2 Å². The Hall–Kier alpha value is -1.75. The number of hydrogen-bond donors (Lipinski definition) is 3. The van der Waals surface area contributed by atoms with E-state index in [-0.39, 0.29) is 16.4 Å². The van der Waals surface area contributed by atoms with E-state index in [4.69, 9.17) is 4.74 Å². The first kappa shape index (κ1) is 18.6. The van der Waals surface area contributed by atoms with Crippen molar-refractivity contribution in [3.05, 3.63) is 32.0 Å². The highest BCUT2D eigenvalue weighted by molar-refractivity contribution is 14.1. The number of aromatic amines is 1. The SMILES string of the molecule is CCCc1nc(S/C(=C\c2cc(I)c(O)c(OC)c2)C(=O)O)n[nH]1. The quantitative estimate of drug-likeness (QED) is 0.330. The fourth-order valence-electron chi connectivity index (χ4n) is 1.89. The average Bonchev–Trinajstić information content (AvgIpc) is 2.97. The highest BCUT2D eigenvalue weighted by atomic mass is 127. The van der Waals surface area contributed by atoms with Gasteiger partial charge in [-0.2, -0.15) is 0 Å². The lowest BCUT2D eigenvalue weighted by atomic mass is 10.2. The monoisotopic (exact) mass is 461 g/mol. The summed E-state index contributed by atoms with van der Waals surface area (Å²) in [6, 6.07) is 3.24. The van der Waals surface area contributed by atoms with Crippen LogP contribution < -0.4 is 4.74 Å². The Morgan fingerprint density at radius 2 is 2.25 bits per heavy atom. The molecule has 0 aliphatic rings. The van der Waals surface area contributed by atoms with Crippen molar-refractivity contribution in [1.29, 1.82) is 0 Å². The molecule has 0 bridgehead atoms. The number of aliphatic carboxylic acids is 1. The molecule has 0 amide bonds. The Kier molecular flexibility index (Phi) is 6.49. The molecule has 0 radical (unpaired) electrons. The zero-order chi connectivity index (χ0) is 17.7. The minimum Gasteiger partial charge on any atom is -0.504 e. The molecule has 0 saturated heterocycles. The van der Waals surface area contributed by atoms with Gasteiger partial charge in [-0.3, -0.25) is 5.10 Å². The van der Waals surface area contributed by atoms with Crippen molar-refractivity contribution in [2.45, 2.75) is 24.9 Å².